The van der Waals surface area contributed by atoms with E-state index in [2.05, 4.69) is 15.1 Å². The predicted molar refractivity (Wildman–Crippen MR) is 117 cm³/mol. The number of hydrogen-bond donors (Lipinski definition) is 0. The number of benzene rings is 1. The second kappa shape index (κ2) is 8.02. The van der Waals surface area contributed by atoms with Gasteiger partial charge < -0.3 is 4.52 Å². The molecular weight excluding hydrogens is 398 g/mol. The maximum Gasteiger partial charge on any atom is 0.262 e. The monoisotopic (exact) mass is 421 g/mol. The molecule has 8 heteroatoms. The van der Waals surface area contributed by atoms with Gasteiger partial charge in [-0.3, -0.25) is 14.3 Å². The summed E-state index contributed by atoms with van der Waals surface area (Å²) in [6, 6.07) is 11.2. The maximum atomic E-state index is 13.2. The highest BCUT2D eigenvalue weighted by molar-refractivity contribution is 7.99. The Bertz CT molecular complexity index is 1230. The van der Waals surface area contributed by atoms with Crippen molar-refractivity contribution < 1.29 is 4.52 Å². The molecule has 0 aliphatic carbocycles. The molecule has 0 amide bonds. The third-order valence-corrected chi connectivity index (χ3v) is 5.71. The molecule has 0 aliphatic rings. The fourth-order valence-electron chi connectivity index (χ4n) is 2.96. The van der Waals surface area contributed by atoms with Crippen LogP contribution in [0.1, 0.15) is 50.2 Å². The van der Waals surface area contributed by atoms with Crippen molar-refractivity contribution in [1.29, 1.82) is 0 Å². The molecule has 1 aromatic carbocycles. The molecule has 4 aromatic rings. The fraction of sp³-hybridized carbons (Fsp3) is 0.318. The molecule has 0 radical (unpaired) electrons. The molecule has 0 saturated carbocycles. The molecule has 0 aliphatic heterocycles. The summed E-state index contributed by atoms with van der Waals surface area (Å²) >= 11 is 1.43. The van der Waals surface area contributed by atoms with Crippen molar-refractivity contribution in [3.63, 3.8) is 0 Å². The average molecular weight is 422 g/mol. The summed E-state index contributed by atoms with van der Waals surface area (Å²) in [7, 11) is 0. The van der Waals surface area contributed by atoms with Crippen LogP contribution < -0.4 is 5.56 Å². The van der Waals surface area contributed by atoms with E-state index in [1.165, 1.54) is 11.8 Å². The van der Waals surface area contributed by atoms with Crippen LogP contribution in [0.4, 0.5) is 0 Å². The first-order valence-electron chi connectivity index (χ1n) is 9.72. The zero-order valence-corrected chi connectivity index (χ0v) is 18.2. The van der Waals surface area contributed by atoms with Gasteiger partial charge in [0.1, 0.15) is 0 Å². The van der Waals surface area contributed by atoms with E-state index in [1.807, 2.05) is 58.0 Å². The molecule has 1 atom stereocenters. The van der Waals surface area contributed by atoms with Crippen molar-refractivity contribution in [2.45, 2.75) is 50.1 Å². The van der Waals surface area contributed by atoms with Crippen LogP contribution in [0.25, 0.3) is 10.9 Å². The SMILES string of the molecule is CC(Sc1nc2ccccc2c(=O)n1Cc1cccnc1)c1nc(C(C)(C)C)no1. The molecule has 0 spiro atoms. The van der Waals surface area contributed by atoms with Gasteiger partial charge >= 0.3 is 0 Å². The highest BCUT2D eigenvalue weighted by Crippen LogP contribution is 2.34. The summed E-state index contributed by atoms with van der Waals surface area (Å²) in [4.78, 5) is 26.7. The number of para-hydroxylation sites is 1. The van der Waals surface area contributed by atoms with Gasteiger partial charge in [0.2, 0.25) is 5.89 Å². The topological polar surface area (TPSA) is 86.7 Å². The number of thioether (sulfide) groups is 1. The van der Waals surface area contributed by atoms with Crippen LogP contribution >= 0.6 is 11.8 Å². The van der Waals surface area contributed by atoms with Gasteiger partial charge in [-0.1, -0.05) is 55.9 Å². The third kappa shape index (κ3) is 4.14. The third-order valence-electron chi connectivity index (χ3n) is 4.63. The summed E-state index contributed by atoms with van der Waals surface area (Å²) in [5.74, 6) is 1.17. The standard InChI is InChI=1S/C22H23N5O2S/c1-14(18-25-20(26-29-18)22(2,3)4)30-21-24-17-10-6-5-9-16(17)19(28)27(21)13-15-8-7-11-23-12-15/h5-12,14H,13H2,1-4H3. The summed E-state index contributed by atoms with van der Waals surface area (Å²) in [5, 5.41) is 5.14. The summed E-state index contributed by atoms with van der Waals surface area (Å²) in [6.45, 7) is 8.47. The van der Waals surface area contributed by atoms with Crippen molar-refractivity contribution >= 4 is 22.7 Å². The number of aromatic nitrogens is 5. The van der Waals surface area contributed by atoms with Crippen LogP contribution in [0.15, 0.2) is 63.3 Å². The Kier molecular flexibility index (Phi) is 5.42. The van der Waals surface area contributed by atoms with Crippen molar-refractivity contribution in [2.75, 3.05) is 0 Å². The highest BCUT2D eigenvalue weighted by Gasteiger charge is 2.25. The van der Waals surface area contributed by atoms with Crippen LogP contribution in [0.2, 0.25) is 0 Å². The molecule has 0 fully saturated rings. The average Bonchev–Trinajstić information content (AvgIpc) is 3.23. The molecule has 154 valence electrons. The molecule has 0 bridgehead atoms. The molecular formula is C22H23N5O2S. The van der Waals surface area contributed by atoms with Crippen molar-refractivity contribution in [2.24, 2.45) is 0 Å². The summed E-state index contributed by atoms with van der Waals surface area (Å²) in [5.41, 5.74) is 1.31. The van der Waals surface area contributed by atoms with Crippen LogP contribution in [-0.2, 0) is 12.0 Å². The van der Waals surface area contributed by atoms with E-state index in [1.54, 1.807) is 23.0 Å². The zero-order chi connectivity index (χ0) is 21.3. The smallest absolute Gasteiger partial charge is 0.262 e. The minimum atomic E-state index is -0.199. The lowest BCUT2D eigenvalue weighted by Crippen LogP contribution is -2.24. The number of hydrogen-bond acceptors (Lipinski definition) is 7. The van der Waals surface area contributed by atoms with Crippen LogP contribution in [0.5, 0.6) is 0 Å². The van der Waals surface area contributed by atoms with E-state index in [4.69, 9.17) is 9.51 Å². The maximum absolute atomic E-state index is 13.2. The Hall–Kier alpha value is -3.00. The molecule has 3 heterocycles. The molecule has 3 aromatic heterocycles. The van der Waals surface area contributed by atoms with Gasteiger partial charge in [0.15, 0.2) is 11.0 Å². The first-order valence-corrected chi connectivity index (χ1v) is 10.6. The van der Waals surface area contributed by atoms with E-state index in [0.29, 0.717) is 34.3 Å². The van der Waals surface area contributed by atoms with Gasteiger partial charge in [0, 0.05) is 17.8 Å². The first-order chi connectivity index (χ1) is 14.3. The number of rotatable bonds is 5. The molecule has 0 N–H and O–H groups in total. The largest absolute Gasteiger partial charge is 0.338 e. The lowest BCUT2D eigenvalue weighted by Gasteiger charge is -2.15. The Morgan fingerprint density at radius 1 is 1.13 bits per heavy atom. The van der Waals surface area contributed by atoms with Crippen molar-refractivity contribution in [3.05, 3.63) is 76.4 Å². The summed E-state index contributed by atoms with van der Waals surface area (Å²) < 4.78 is 7.18. The van der Waals surface area contributed by atoms with Crippen LogP contribution in [-0.4, -0.2) is 24.7 Å². The van der Waals surface area contributed by atoms with E-state index < -0.39 is 0 Å². The number of fused-ring (bicyclic) bond motifs is 1. The Morgan fingerprint density at radius 2 is 1.93 bits per heavy atom. The van der Waals surface area contributed by atoms with Crippen molar-refractivity contribution in [3.8, 4) is 0 Å². The molecule has 1 unspecified atom stereocenters. The Labute approximate surface area is 178 Å². The summed E-state index contributed by atoms with van der Waals surface area (Å²) in [6.07, 6.45) is 3.47. The zero-order valence-electron chi connectivity index (χ0n) is 17.4. The van der Waals surface area contributed by atoms with E-state index in [-0.39, 0.29) is 16.2 Å². The van der Waals surface area contributed by atoms with Gasteiger partial charge in [-0.2, -0.15) is 4.98 Å². The van der Waals surface area contributed by atoms with Crippen molar-refractivity contribution in [1.82, 2.24) is 24.7 Å². The second-order valence-corrected chi connectivity index (χ2v) is 9.44. The minimum Gasteiger partial charge on any atom is -0.338 e. The molecule has 4 rings (SSSR count). The van der Waals surface area contributed by atoms with Gasteiger partial charge in [0.25, 0.3) is 5.56 Å². The highest BCUT2D eigenvalue weighted by atomic mass is 32.2. The van der Waals surface area contributed by atoms with E-state index in [0.717, 1.165) is 5.56 Å². The van der Waals surface area contributed by atoms with Gasteiger partial charge in [-0.25, -0.2) is 4.98 Å². The van der Waals surface area contributed by atoms with Crippen LogP contribution in [0.3, 0.4) is 0 Å². The second-order valence-electron chi connectivity index (χ2n) is 8.13. The Balaban J connectivity index is 1.74. The lowest BCUT2D eigenvalue weighted by molar-refractivity contribution is 0.364. The quantitative estimate of drug-likeness (QED) is 0.349. The minimum absolute atomic E-state index is 0.0833. The molecule has 30 heavy (non-hydrogen) atoms. The normalized spacial score (nSPS) is 12.9. The number of pyridine rings is 1. The fourth-order valence-corrected chi connectivity index (χ4v) is 3.90. The van der Waals surface area contributed by atoms with Gasteiger partial charge in [0.05, 0.1) is 22.7 Å². The Morgan fingerprint density at radius 3 is 2.63 bits per heavy atom. The van der Waals surface area contributed by atoms with Gasteiger partial charge in [-0.05, 0) is 30.7 Å². The van der Waals surface area contributed by atoms with Crippen LogP contribution in [0, 0.1) is 0 Å². The van der Waals surface area contributed by atoms with E-state index in [9.17, 15) is 4.79 Å². The number of nitrogens with zero attached hydrogens (tertiary/aromatic N) is 5. The molecule has 7 nitrogen and oxygen atoms in total. The lowest BCUT2D eigenvalue weighted by atomic mass is 9.96. The predicted octanol–water partition coefficient (Wildman–Crippen LogP) is 4.37. The molecule has 0 saturated heterocycles. The first kappa shape index (κ1) is 20.3. The van der Waals surface area contributed by atoms with E-state index >= 15 is 0 Å². The van der Waals surface area contributed by atoms with Gasteiger partial charge in [-0.15, -0.1) is 0 Å².